The molecule has 0 spiro atoms. The van der Waals surface area contributed by atoms with Crippen molar-refractivity contribution in [1.82, 2.24) is 9.80 Å². The van der Waals surface area contributed by atoms with Crippen molar-refractivity contribution in [3.8, 4) is 0 Å². The molecule has 1 heterocycles. The van der Waals surface area contributed by atoms with E-state index in [-0.39, 0.29) is 23.2 Å². The molecule has 1 saturated heterocycles. The molecule has 0 radical (unpaired) electrons. The van der Waals surface area contributed by atoms with Gasteiger partial charge in [0.2, 0.25) is 5.91 Å². The third kappa shape index (κ3) is 5.42. The van der Waals surface area contributed by atoms with Crippen LogP contribution in [0.5, 0.6) is 0 Å². The van der Waals surface area contributed by atoms with Crippen molar-refractivity contribution in [1.29, 1.82) is 0 Å². The Kier molecular flexibility index (Phi) is 6.00. The molecule has 1 aromatic rings. The number of hydrogen-bond donors (Lipinski definition) is 2. The van der Waals surface area contributed by atoms with Crippen molar-refractivity contribution >= 4 is 23.3 Å². The van der Waals surface area contributed by atoms with Crippen molar-refractivity contribution in [2.75, 3.05) is 36.8 Å². The van der Waals surface area contributed by atoms with Crippen LogP contribution in [0.25, 0.3) is 0 Å². The first-order valence-corrected chi connectivity index (χ1v) is 8.55. The van der Waals surface area contributed by atoms with Crippen LogP contribution in [0, 0.1) is 5.82 Å². The minimum atomic E-state index is -0.538. The number of anilines is 2. The molecule has 0 bridgehead atoms. The maximum atomic E-state index is 13.7. The van der Waals surface area contributed by atoms with Crippen LogP contribution in [-0.4, -0.2) is 53.5 Å². The van der Waals surface area contributed by atoms with E-state index >= 15 is 0 Å². The van der Waals surface area contributed by atoms with Gasteiger partial charge in [0, 0.05) is 44.3 Å². The van der Waals surface area contributed by atoms with E-state index in [9.17, 15) is 14.0 Å². The summed E-state index contributed by atoms with van der Waals surface area (Å²) in [5.41, 5.74) is 0.587. The van der Waals surface area contributed by atoms with Crippen molar-refractivity contribution in [2.45, 2.75) is 39.7 Å². The number of nitrogens with one attached hydrogen (secondary N) is 2. The molecule has 1 aromatic carbocycles. The Balaban J connectivity index is 2.01. The van der Waals surface area contributed by atoms with E-state index < -0.39 is 5.82 Å². The summed E-state index contributed by atoms with van der Waals surface area (Å²) in [6.07, 6.45) is 0.908. The van der Waals surface area contributed by atoms with Gasteiger partial charge in [0.1, 0.15) is 5.82 Å². The maximum Gasteiger partial charge on any atom is 0.321 e. The number of rotatable bonds is 2. The molecular formula is C18H27FN4O2. The second-order valence-electron chi connectivity index (χ2n) is 7.30. The highest BCUT2D eigenvalue weighted by molar-refractivity contribution is 5.92. The van der Waals surface area contributed by atoms with Gasteiger partial charge in [0.25, 0.3) is 0 Å². The van der Waals surface area contributed by atoms with E-state index in [1.807, 2.05) is 0 Å². The summed E-state index contributed by atoms with van der Waals surface area (Å²) in [6.45, 7) is 10.9. The van der Waals surface area contributed by atoms with E-state index in [0.29, 0.717) is 18.8 Å². The summed E-state index contributed by atoms with van der Waals surface area (Å²) >= 11 is 0. The smallest absolute Gasteiger partial charge is 0.321 e. The number of carbonyl (C=O) groups excluding carboxylic acids is 2. The van der Waals surface area contributed by atoms with Crippen LogP contribution in [-0.2, 0) is 4.79 Å². The maximum absolute atomic E-state index is 13.7. The minimum absolute atomic E-state index is 0.0556. The largest absolute Gasteiger partial charge is 0.324 e. The topological polar surface area (TPSA) is 64.7 Å². The molecule has 6 nitrogen and oxygen atoms in total. The normalized spacial score (nSPS) is 16.3. The molecule has 0 aromatic heterocycles. The van der Waals surface area contributed by atoms with Crippen LogP contribution in [0.3, 0.4) is 0 Å². The molecule has 2 rings (SSSR count). The quantitative estimate of drug-likeness (QED) is 0.861. The summed E-state index contributed by atoms with van der Waals surface area (Å²) in [5, 5.41) is 5.20. The van der Waals surface area contributed by atoms with Crippen molar-refractivity contribution < 1.29 is 14.0 Å². The first-order chi connectivity index (χ1) is 11.7. The van der Waals surface area contributed by atoms with Gasteiger partial charge in [-0.1, -0.05) is 0 Å². The van der Waals surface area contributed by atoms with Gasteiger partial charge < -0.3 is 15.5 Å². The summed E-state index contributed by atoms with van der Waals surface area (Å²) in [4.78, 5) is 27.8. The lowest BCUT2D eigenvalue weighted by Crippen LogP contribution is -2.44. The molecule has 0 atom stereocenters. The van der Waals surface area contributed by atoms with Gasteiger partial charge in [0.15, 0.2) is 0 Å². The zero-order valence-corrected chi connectivity index (χ0v) is 15.4. The average Bonchev–Trinajstić information content (AvgIpc) is 2.76. The predicted octanol–water partition coefficient (Wildman–Crippen LogP) is 3.12. The average molecular weight is 350 g/mol. The number of carbonyl (C=O) groups is 2. The van der Waals surface area contributed by atoms with E-state index in [1.54, 1.807) is 4.90 Å². The molecule has 3 amide bonds. The number of nitrogens with zero attached hydrogens (tertiary/aromatic N) is 2. The summed E-state index contributed by atoms with van der Waals surface area (Å²) in [6, 6.07) is 3.92. The van der Waals surface area contributed by atoms with Gasteiger partial charge in [-0.3, -0.25) is 9.69 Å². The van der Waals surface area contributed by atoms with E-state index in [4.69, 9.17) is 0 Å². The molecule has 0 aliphatic carbocycles. The highest BCUT2D eigenvalue weighted by atomic mass is 19.1. The van der Waals surface area contributed by atoms with Crippen LogP contribution < -0.4 is 10.6 Å². The monoisotopic (exact) mass is 350 g/mol. The Morgan fingerprint density at radius 2 is 1.80 bits per heavy atom. The van der Waals surface area contributed by atoms with E-state index in [2.05, 4.69) is 36.3 Å². The number of urea groups is 1. The molecule has 1 aliphatic rings. The van der Waals surface area contributed by atoms with Crippen molar-refractivity contribution in [3.05, 3.63) is 24.0 Å². The zero-order valence-electron chi connectivity index (χ0n) is 15.4. The van der Waals surface area contributed by atoms with Gasteiger partial charge in [-0.25, -0.2) is 9.18 Å². The Morgan fingerprint density at radius 3 is 2.44 bits per heavy atom. The molecule has 7 heteroatoms. The number of hydrogen-bond acceptors (Lipinski definition) is 3. The van der Waals surface area contributed by atoms with Gasteiger partial charge in [-0.2, -0.15) is 0 Å². The fourth-order valence-corrected chi connectivity index (χ4v) is 2.88. The van der Waals surface area contributed by atoms with E-state index in [1.165, 1.54) is 25.1 Å². The van der Waals surface area contributed by atoms with Crippen LogP contribution in [0.1, 0.15) is 34.1 Å². The SMILES string of the molecule is CC(=O)Nc1cc(NC(=O)N2CCCN(C(C)(C)C)CC2)ccc1F. The minimum Gasteiger partial charge on any atom is -0.324 e. The van der Waals surface area contributed by atoms with Crippen LogP contribution in [0.2, 0.25) is 0 Å². The molecule has 1 aliphatic heterocycles. The predicted molar refractivity (Wildman–Crippen MR) is 97.2 cm³/mol. The van der Waals surface area contributed by atoms with Crippen LogP contribution >= 0.6 is 0 Å². The lowest BCUT2D eigenvalue weighted by Gasteiger charge is -2.34. The van der Waals surface area contributed by atoms with Gasteiger partial charge >= 0.3 is 6.03 Å². The zero-order chi connectivity index (χ0) is 18.6. The number of halogens is 1. The highest BCUT2D eigenvalue weighted by Gasteiger charge is 2.25. The molecular weight excluding hydrogens is 323 g/mol. The van der Waals surface area contributed by atoms with Crippen molar-refractivity contribution in [2.24, 2.45) is 0 Å². The Labute approximate surface area is 148 Å². The molecule has 1 fully saturated rings. The second-order valence-corrected chi connectivity index (χ2v) is 7.30. The lowest BCUT2D eigenvalue weighted by molar-refractivity contribution is -0.114. The third-order valence-corrected chi connectivity index (χ3v) is 4.26. The third-order valence-electron chi connectivity index (χ3n) is 4.26. The Morgan fingerprint density at radius 1 is 1.08 bits per heavy atom. The fraction of sp³-hybridized carbons (Fsp3) is 0.556. The summed E-state index contributed by atoms with van der Waals surface area (Å²) in [5.74, 6) is -0.902. The second kappa shape index (κ2) is 7.82. The molecule has 0 unspecified atom stereocenters. The molecule has 25 heavy (non-hydrogen) atoms. The first kappa shape index (κ1) is 19.2. The van der Waals surface area contributed by atoms with Gasteiger partial charge in [-0.05, 0) is 45.4 Å². The lowest BCUT2D eigenvalue weighted by atomic mass is 10.1. The van der Waals surface area contributed by atoms with Crippen LogP contribution in [0.15, 0.2) is 18.2 Å². The Bertz CT molecular complexity index is 642. The highest BCUT2D eigenvalue weighted by Crippen LogP contribution is 2.21. The number of amides is 3. The summed E-state index contributed by atoms with van der Waals surface area (Å²) in [7, 11) is 0. The van der Waals surface area contributed by atoms with Crippen molar-refractivity contribution in [3.63, 3.8) is 0 Å². The first-order valence-electron chi connectivity index (χ1n) is 8.55. The number of benzene rings is 1. The molecule has 0 saturated carbocycles. The fourth-order valence-electron chi connectivity index (χ4n) is 2.88. The molecule has 2 N–H and O–H groups in total. The van der Waals surface area contributed by atoms with Gasteiger partial charge in [-0.15, -0.1) is 0 Å². The van der Waals surface area contributed by atoms with E-state index in [0.717, 1.165) is 19.5 Å². The van der Waals surface area contributed by atoms with Gasteiger partial charge in [0.05, 0.1) is 5.69 Å². The summed E-state index contributed by atoms with van der Waals surface area (Å²) < 4.78 is 13.7. The van der Waals surface area contributed by atoms with Crippen LogP contribution in [0.4, 0.5) is 20.6 Å². The Hall–Kier alpha value is -2.15. The molecule has 138 valence electrons. The standard InChI is InChI=1S/C18H27FN4O2/c1-13(24)20-16-12-14(6-7-15(16)19)21-17(25)22-8-5-9-23(11-10-22)18(2,3)4/h6-7,12H,5,8-11H2,1-4H3,(H,20,24)(H,21,25).